The molecule has 0 saturated carbocycles. The Kier molecular flexibility index (Phi) is 5.42. The third-order valence-corrected chi connectivity index (χ3v) is 2.16. The van der Waals surface area contributed by atoms with Crippen LogP contribution in [0.4, 0.5) is 11.5 Å². The maximum atomic E-state index is 5.66. The molecule has 0 aliphatic carbocycles. The van der Waals surface area contributed by atoms with Crippen LogP contribution in [0.5, 0.6) is 5.88 Å². The monoisotopic (exact) mass is 225 g/mol. The molecule has 3 N–H and O–H groups in total. The van der Waals surface area contributed by atoms with Crippen molar-refractivity contribution in [3.63, 3.8) is 0 Å². The Labute approximate surface area is 96.0 Å². The van der Waals surface area contributed by atoms with Gasteiger partial charge >= 0.3 is 0 Å². The lowest BCUT2D eigenvalue weighted by Crippen LogP contribution is -2.06. The molecule has 0 radical (unpaired) electrons. The minimum Gasteiger partial charge on any atom is -0.479 e. The zero-order chi connectivity index (χ0) is 11.8. The molecular formula is C11H19N3O2. The molecule has 0 aliphatic rings. The van der Waals surface area contributed by atoms with Crippen molar-refractivity contribution in [2.24, 2.45) is 0 Å². The van der Waals surface area contributed by atoms with Gasteiger partial charge in [0.05, 0.1) is 12.8 Å². The summed E-state index contributed by atoms with van der Waals surface area (Å²) in [7, 11) is 3.26. The molecule has 0 aromatic carbocycles. The number of methoxy groups -OCH3 is 2. The number of nitrogens with two attached hydrogens (primary N) is 1. The van der Waals surface area contributed by atoms with Crippen LogP contribution in [-0.2, 0) is 4.74 Å². The average molecular weight is 225 g/mol. The van der Waals surface area contributed by atoms with Crippen LogP contribution in [0.15, 0.2) is 12.1 Å². The van der Waals surface area contributed by atoms with Crippen molar-refractivity contribution in [1.29, 1.82) is 0 Å². The average Bonchev–Trinajstić information content (AvgIpc) is 2.31. The van der Waals surface area contributed by atoms with E-state index < -0.39 is 0 Å². The van der Waals surface area contributed by atoms with E-state index in [1.807, 2.05) is 6.07 Å². The van der Waals surface area contributed by atoms with Gasteiger partial charge in [-0.15, -0.1) is 0 Å². The maximum Gasteiger partial charge on any atom is 0.238 e. The second-order valence-electron chi connectivity index (χ2n) is 3.42. The van der Waals surface area contributed by atoms with E-state index in [-0.39, 0.29) is 0 Å². The summed E-state index contributed by atoms with van der Waals surface area (Å²) < 4.78 is 10.0. The van der Waals surface area contributed by atoms with Gasteiger partial charge in [-0.05, 0) is 25.0 Å². The largest absolute Gasteiger partial charge is 0.479 e. The summed E-state index contributed by atoms with van der Waals surface area (Å²) in [6, 6.07) is 3.62. The van der Waals surface area contributed by atoms with E-state index in [4.69, 9.17) is 15.2 Å². The molecular weight excluding hydrogens is 206 g/mol. The molecule has 5 heteroatoms. The van der Waals surface area contributed by atoms with Crippen molar-refractivity contribution in [3.8, 4) is 5.88 Å². The van der Waals surface area contributed by atoms with Crippen LogP contribution < -0.4 is 15.8 Å². The predicted octanol–water partition coefficient (Wildman–Crippen LogP) is 1.51. The summed E-state index contributed by atoms with van der Waals surface area (Å²) in [5.74, 6) is 1.24. The van der Waals surface area contributed by atoms with Gasteiger partial charge in [0.1, 0.15) is 5.82 Å². The third kappa shape index (κ3) is 3.94. The summed E-state index contributed by atoms with van der Waals surface area (Å²) >= 11 is 0. The van der Waals surface area contributed by atoms with Crippen molar-refractivity contribution in [1.82, 2.24) is 4.98 Å². The Morgan fingerprint density at radius 3 is 2.81 bits per heavy atom. The van der Waals surface area contributed by atoms with E-state index in [0.717, 1.165) is 31.8 Å². The lowest BCUT2D eigenvalue weighted by Gasteiger charge is -2.08. The van der Waals surface area contributed by atoms with E-state index in [1.165, 1.54) is 0 Å². The smallest absolute Gasteiger partial charge is 0.238 e. The summed E-state index contributed by atoms with van der Waals surface area (Å²) in [4.78, 5) is 4.22. The first-order valence-electron chi connectivity index (χ1n) is 5.31. The van der Waals surface area contributed by atoms with Crippen molar-refractivity contribution in [2.75, 3.05) is 38.4 Å². The summed E-state index contributed by atoms with van der Waals surface area (Å²) in [6.45, 7) is 1.66. The number of rotatable bonds is 7. The first-order chi connectivity index (χ1) is 7.77. The number of ether oxygens (including phenoxy) is 2. The molecule has 0 fully saturated rings. The molecule has 90 valence electrons. The van der Waals surface area contributed by atoms with Gasteiger partial charge in [-0.1, -0.05) is 0 Å². The molecule has 16 heavy (non-hydrogen) atoms. The van der Waals surface area contributed by atoms with Crippen molar-refractivity contribution < 1.29 is 9.47 Å². The Morgan fingerprint density at radius 2 is 2.12 bits per heavy atom. The van der Waals surface area contributed by atoms with Crippen molar-refractivity contribution >= 4 is 11.5 Å². The Morgan fingerprint density at radius 1 is 1.31 bits per heavy atom. The molecule has 5 nitrogen and oxygen atoms in total. The number of hydrogen-bond donors (Lipinski definition) is 2. The van der Waals surface area contributed by atoms with Crippen LogP contribution in [0.2, 0.25) is 0 Å². The molecule has 0 atom stereocenters. The first-order valence-corrected chi connectivity index (χ1v) is 5.31. The molecule has 1 rings (SSSR count). The third-order valence-electron chi connectivity index (χ3n) is 2.16. The lowest BCUT2D eigenvalue weighted by molar-refractivity contribution is 0.194. The second-order valence-corrected chi connectivity index (χ2v) is 3.42. The summed E-state index contributed by atoms with van der Waals surface area (Å²) in [5, 5.41) is 3.20. The van der Waals surface area contributed by atoms with Crippen molar-refractivity contribution in [2.45, 2.75) is 12.8 Å². The van der Waals surface area contributed by atoms with Crippen LogP contribution in [-0.4, -0.2) is 32.4 Å². The Bertz CT molecular complexity index is 318. The number of nitrogens with zero attached hydrogens (tertiary/aromatic N) is 1. The highest BCUT2D eigenvalue weighted by Crippen LogP contribution is 2.19. The normalized spacial score (nSPS) is 10.1. The van der Waals surface area contributed by atoms with Crippen LogP contribution in [0.3, 0.4) is 0 Å². The van der Waals surface area contributed by atoms with Crippen LogP contribution in [0.1, 0.15) is 12.8 Å². The number of nitrogen functional groups attached to an aromatic ring is 1. The molecule has 0 aliphatic heterocycles. The Hall–Kier alpha value is -1.49. The van der Waals surface area contributed by atoms with Gasteiger partial charge in [0.15, 0.2) is 0 Å². The fourth-order valence-electron chi connectivity index (χ4n) is 1.30. The van der Waals surface area contributed by atoms with Gasteiger partial charge in [0.2, 0.25) is 5.88 Å². The van der Waals surface area contributed by atoms with Gasteiger partial charge in [0.25, 0.3) is 0 Å². The van der Waals surface area contributed by atoms with Crippen LogP contribution >= 0.6 is 0 Å². The van der Waals surface area contributed by atoms with E-state index in [1.54, 1.807) is 20.3 Å². The van der Waals surface area contributed by atoms with Gasteiger partial charge in [-0.2, -0.15) is 4.98 Å². The number of anilines is 2. The number of aromatic nitrogens is 1. The van der Waals surface area contributed by atoms with E-state index in [9.17, 15) is 0 Å². The van der Waals surface area contributed by atoms with Gasteiger partial charge in [-0.3, -0.25) is 0 Å². The highest BCUT2D eigenvalue weighted by molar-refractivity contribution is 5.53. The number of pyridine rings is 1. The van der Waals surface area contributed by atoms with Crippen LogP contribution in [0, 0.1) is 0 Å². The van der Waals surface area contributed by atoms with Gasteiger partial charge in [-0.25, -0.2) is 0 Å². The fraction of sp³-hybridized carbons (Fsp3) is 0.545. The highest BCUT2D eigenvalue weighted by Gasteiger charge is 2.01. The van der Waals surface area contributed by atoms with E-state index in [2.05, 4.69) is 10.3 Å². The standard InChI is InChI=1S/C11H19N3O2/c1-15-8-4-3-7-13-10-6-5-9(12)11(14-10)16-2/h5-6H,3-4,7-8,12H2,1-2H3,(H,13,14). The molecule has 0 unspecified atom stereocenters. The summed E-state index contributed by atoms with van der Waals surface area (Å²) in [5.41, 5.74) is 6.21. The number of hydrogen-bond acceptors (Lipinski definition) is 5. The molecule has 1 heterocycles. The quantitative estimate of drug-likeness (QED) is 0.688. The molecule has 0 saturated heterocycles. The molecule has 1 aromatic heterocycles. The van der Waals surface area contributed by atoms with E-state index >= 15 is 0 Å². The topological polar surface area (TPSA) is 69.4 Å². The van der Waals surface area contributed by atoms with E-state index in [0.29, 0.717) is 11.6 Å². The highest BCUT2D eigenvalue weighted by atomic mass is 16.5. The number of unbranched alkanes of at least 4 members (excludes halogenated alkanes) is 1. The molecule has 0 bridgehead atoms. The first kappa shape index (κ1) is 12.6. The molecule has 1 aromatic rings. The second kappa shape index (κ2) is 6.90. The molecule has 0 amide bonds. The lowest BCUT2D eigenvalue weighted by atomic mass is 10.3. The van der Waals surface area contributed by atoms with Crippen molar-refractivity contribution in [3.05, 3.63) is 12.1 Å². The Balaban J connectivity index is 2.36. The minimum absolute atomic E-state index is 0.460. The minimum atomic E-state index is 0.460. The van der Waals surface area contributed by atoms with Gasteiger partial charge < -0.3 is 20.5 Å². The zero-order valence-corrected chi connectivity index (χ0v) is 9.82. The molecule has 0 spiro atoms. The fourth-order valence-corrected chi connectivity index (χ4v) is 1.30. The maximum absolute atomic E-state index is 5.66. The SMILES string of the molecule is COCCCCNc1ccc(N)c(OC)n1. The summed E-state index contributed by atoms with van der Waals surface area (Å²) in [6.07, 6.45) is 2.08. The van der Waals surface area contributed by atoms with Gasteiger partial charge in [0, 0.05) is 20.3 Å². The zero-order valence-electron chi connectivity index (χ0n) is 9.82. The van der Waals surface area contributed by atoms with Crippen LogP contribution in [0.25, 0.3) is 0 Å². The predicted molar refractivity (Wildman–Crippen MR) is 64.8 cm³/mol. The number of nitrogens with one attached hydrogen (secondary N) is 1.